The summed E-state index contributed by atoms with van der Waals surface area (Å²) in [7, 11) is 1.98. The van der Waals surface area contributed by atoms with Crippen molar-refractivity contribution >= 4 is 39.5 Å². The number of aliphatic imine (C=N–C) groups is 2. The van der Waals surface area contributed by atoms with E-state index in [1.165, 1.54) is 0 Å². The van der Waals surface area contributed by atoms with Crippen LogP contribution in [0.4, 0.5) is 0 Å². The van der Waals surface area contributed by atoms with Gasteiger partial charge in [-0.15, -0.1) is 4.59 Å². The molecule has 5 rings (SSSR count). The second-order valence-electron chi connectivity index (χ2n) is 6.31. The van der Waals surface area contributed by atoms with Crippen LogP contribution in [0.3, 0.4) is 0 Å². The van der Waals surface area contributed by atoms with Gasteiger partial charge in [0.25, 0.3) is 5.84 Å². The SMILES string of the molecule is C[N+]12C=CN=CC1=NC(c1ccn3cc(-c4cccc(Br)c4)nc3c1)=N2. The largest absolute Gasteiger partial charge is 0.306 e. The van der Waals surface area contributed by atoms with Crippen LogP contribution in [0.5, 0.6) is 0 Å². The van der Waals surface area contributed by atoms with Crippen molar-refractivity contribution in [3.05, 3.63) is 71.2 Å². The predicted octanol–water partition coefficient (Wildman–Crippen LogP) is 3.84. The van der Waals surface area contributed by atoms with Gasteiger partial charge in [0, 0.05) is 28.0 Å². The number of imidazole rings is 1. The lowest BCUT2D eigenvalue weighted by atomic mass is 10.2. The molecule has 1 atom stereocenters. The Hall–Kier alpha value is -2.90. The zero-order valence-corrected chi connectivity index (χ0v) is 15.5. The van der Waals surface area contributed by atoms with E-state index in [2.05, 4.69) is 38.0 Å². The van der Waals surface area contributed by atoms with Crippen LogP contribution >= 0.6 is 15.9 Å². The van der Waals surface area contributed by atoms with Gasteiger partial charge >= 0.3 is 0 Å². The molecule has 2 aromatic heterocycles. The summed E-state index contributed by atoms with van der Waals surface area (Å²) < 4.78 is 3.34. The van der Waals surface area contributed by atoms with Crippen molar-refractivity contribution < 1.29 is 4.59 Å². The molecule has 0 fully saturated rings. The highest BCUT2D eigenvalue weighted by Crippen LogP contribution is 2.25. The third-order valence-electron chi connectivity index (χ3n) is 4.46. The van der Waals surface area contributed by atoms with E-state index in [1.54, 1.807) is 12.4 Å². The maximum Gasteiger partial charge on any atom is 0.279 e. The fraction of sp³-hybridized carbons (Fsp3) is 0.0526. The molecule has 0 N–H and O–H groups in total. The number of hydrogen-bond acceptors (Lipinski definition) is 4. The van der Waals surface area contributed by atoms with E-state index in [0.29, 0.717) is 10.4 Å². The molecule has 6 nitrogen and oxygen atoms in total. The number of halogens is 1. The number of benzene rings is 1. The summed E-state index contributed by atoms with van der Waals surface area (Å²) in [5.41, 5.74) is 3.79. The van der Waals surface area contributed by atoms with E-state index in [-0.39, 0.29) is 0 Å². The van der Waals surface area contributed by atoms with E-state index in [0.717, 1.165) is 32.8 Å². The minimum Gasteiger partial charge on any atom is -0.306 e. The summed E-state index contributed by atoms with van der Waals surface area (Å²) in [5, 5.41) is 4.72. The second kappa shape index (κ2) is 5.55. The number of hydrogen-bond donors (Lipinski definition) is 0. The summed E-state index contributed by atoms with van der Waals surface area (Å²) >= 11 is 3.51. The van der Waals surface area contributed by atoms with Crippen molar-refractivity contribution in [2.45, 2.75) is 0 Å². The van der Waals surface area contributed by atoms with Gasteiger partial charge in [-0.25, -0.2) is 4.98 Å². The normalized spacial score (nSPS) is 21.0. The molecule has 0 saturated carbocycles. The lowest BCUT2D eigenvalue weighted by molar-refractivity contribution is -0.767. The maximum absolute atomic E-state index is 4.76. The lowest BCUT2D eigenvalue weighted by Gasteiger charge is -2.18. The molecule has 0 bridgehead atoms. The van der Waals surface area contributed by atoms with Crippen molar-refractivity contribution in [1.29, 1.82) is 0 Å². The highest BCUT2D eigenvalue weighted by Gasteiger charge is 2.35. The molecule has 7 heteroatoms. The van der Waals surface area contributed by atoms with Gasteiger partial charge in [-0.05, 0) is 29.4 Å². The topological polar surface area (TPSA) is 54.4 Å². The number of pyridine rings is 1. The number of quaternary nitrogens is 1. The number of fused-ring (bicyclic) bond motifs is 2. The van der Waals surface area contributed by atoms with Crippen molar-refractivity contribution in [1.82, 2.24) is 9.38 Å². The van der Waals surface area contributed by atoms with E-state index >= 15 is 0 Å². The maximum atomic E-state index is 4.76. The van der Waals surface area contributed by atoms with Crippen molar-refractivity contribution in [3.8, 4) is 11.3 Å². The van der Waals surface area contributed by atoms with Gasteiger partial charge in [0.15, 0.2) is 0 Å². The molecule has 4 heterocycles. The standard InChI is InChI=1S/C19H14BrN6/c1-26-8-6-21-11-18(26)23-19(24-26)14-5-7-25-12-16(22-17(25)10-14)13-3-2-4-15(20)9-13/h2-12H,1H3/q+1. The third-order valence-corrected chi connectivity index (χ3v) is 4.95. The summed E-state index contributed by atoms with van der Waals surface area (Å²) in [4.78, 5) is 13.5. The fourth-order valence-corrected chi connectivity index (χ4v) is 3.44. The van der Waals surface area contributed by atoms with Crippen LogP contribution < -0.4 is 0 Å². The van der Waals surface area contributed by atoms with E-state index in [1.807, 2.05) is 54.3 Å². The Morgan fingerprint density at radius 2 is 2.04 bits per heavy atom. The van der Waals surface area contributed by atoms with Gasteiger partial charge in [0.2, 0.25) is 5.84 Å². The quantitative estimate of drug-likeness (QED) is 0.597. The second-order valence-corrected chi connectivity index (χ2v) is 7.23. The average molecular weight is 406 g/mol. The van der Waals surface area contributed by atoms with Gasteiger partial charge in [0.1, 0.15) is 25.1 Å². The van der Waals surface area contributed by atoms with Crippen LogP contribution in [0.2, 0.25) is 0 Å². The Morgan fingerprint density at radius 3 is 2.88 bits per heavy atom. The Balaban J connectivity index is 1.57. The monoisotopic (exact) mass is 405 g/mol. The molecule has 0 saturated heterocycles. The van der Waals surface area contributed by atoms with Crippen LogP contribution in [0, 0.1) is 0 Å². The molecular formula is C19H14BrN6+. The smallest absolute Gasteiger partial charge is 0.279 e. The average Bonchev–Trinajstić information content (AvgIpc) is 3.21. The molecule has 1 aromatic carbocycles. The number of rotatable bonds is 2. The molecule has 2 aliphatic heterocycles. The molecule has 0 aliphatic carbocycles. The van der Waals surface area contributed by atoms with Crippen LogP contribution in [0.25, 0.3) is 16.9 Å². The Bertz CT molecular complexity index is 1170. The highest BCUT2D eigenvalue weighted by atomic mass is 79.9. The zero-order chi connectivity index (χ0) is 17.7. The minimum absolute atomic E-state index is 0.293. The predicted molar refractivity (Wildman–Crippen MR) is 106 cm³/mol. The Labute approximate surface area is 158 Å². The van der Waals surface area contributed by atoms with Gasteiger partial charge in [-0.2, -0.15) is 4.99 Å². The summed E-state index contributed by atoms with van der Waals surface area (Å²) in [5.74, 6) is 1.50. The van der Waals surface area contributed by atoms with Crippen LogP contribution in [-0.2, 0) is 0 Å². The van der Waals surface area contributed by atoms with Crippen molar-refractivity contribution in [2.75, 3.05) is 7.05 Å². The van der Waals surface area contributed by atoms with E-state index in [4.69, 9.17) is 10.1 Å². The van der Waals surface area contributed by atoms with E-state index < -0.39 is 0 Å². The van der Waals surface area contributed by atoms with Gasteiger partial charge in [-0.3, -0.25) is 4.99 Å². The first-order valence-electron chi connectivity index (χ1n) is 8.12. The molecule has 2 aliphatic rings. The van der Waals surface area contributed by atoms with E-state index in [9.17, 15) is 0 Å². The molecule has 0 spiro atoms. The number of nitrogens with zero attached hydrogens (tertiary/aromatic N) is 6. The highest BCUT2D eigenvalue weighted by molar-refractivity contribution is 9.10. The molecular weight excluding hydrogens is 392 g/mol. The van der Waals surface area contributed by atoms with Crippen LogP contribution in [0.15, 0.2) is 80.8 Å². The molecule has 26 heavy (non-hydrogen) atoms. The van der Waals surface area contributed by atoms with Gasteiger partial charge in [0.05, 0.1) is 11.9 Å². The first kappa shape index (κ1) is 15.4. The fourth-order valence-electron chi connectivity index (χ4n) is 3.04. The van der Waals surface area contributed by atoms with Crippen LogP contribution in [-0.4, -0.2) is 38.9 Å². The number of aromatic nitrogens is 2. The molecule has 126 valence electrons. The molecule has 3 aromatic rings. The first-order chi connectivity index (χ1) is 12.6. The van der Waals surface area contributed by atoms with Gasteiger partial charge < -0.3 is 4.40 Å². The Kier molecular flexibility index (Phi) is 3.28. The number of amidine groups is 2. The lowest BCUT2D eigenvalue weighted by Crippen LogP contribution is -2.38. The van der Waals surface area contributed by atoms with Gasteiger partial charge in [-0.1, -0.05) is 28.1 Å². The van der Waals surface area contributed by atoms with Crippen LogP contribution in [0.1, 0.15) is 5.56 Å². The zero-order valence-electron chi connectivity index (χ0n) is 13.9. The summed E-state index contributed by atoms with van der Waals surface area (Å²) in [6.45, 7) is 0. The van der Waals surface area contributed by atoms with Crippen molar-refractivity contribution in [3.63, 3.8) is 0 Å². The van der Waals surface area contributed by atoms with Crippen molar-refractivity contribution in [2.24, 2.45) is 15.1 Å². The molecule has 1 unspecified atom stereocenters. The molecule has 0 radical (unpaired) electrons. The minimum atomic E-state index is 0.293. The third kappa shape index (κ3) is 2.44. The Morgan fingerprint density at radius 1 is 1.12 bits per heavy atom. The summed E-state index contributed by atoms with van der Waals surface area (Å²) in [6.07, 6.45) is 9.41. The summed E-state index contributed by atoms with van der Waals surface area (Å²) in [6, 6.07) is 12.1. The first-order valence-corrected chi connectivity index (χ1v) is 8.92. The molecule has 0 amide bonds.